The molecule has 1 fully saturated rings. The first-order chi connectivity index (χ1) is 14.4. The average Bonchev–Trinajstić information content (AvgIpc) is 3.24. The van der Waals surface area contributed by atoms with Gasteiger partial charge in [0.05, 0.1) is 11.2 Å². The molecule has 0 N–H and O–H groups in total. The molecule has 0 bridgehead atoms. The number of hydrogen-bond donors (Lipinski definition) is 0. The van der Waals surface area contributed by atoms with Crippen LogP contribution in [-0.2, 0) is 11.3 Å². The number of nitrogens with zero attached hydrogens (tertiary/aromatic N) is 3. The van der Waals surface area contributed by atoms with Crippen molar-refractivity contribution in [1.29, 1.82) is 0 Å². The van der Waals surface area contributed by atoms with Crippen LogP contribution in [0, 0.1) is 12.7 Å². The molecule has 1 aliphatic rings. The molecule has 2 aromatic heterocycles. The summed E-state index contributed by atoms with van der Waals surface area (Å²) in [6, 6.07) is 5.99. The molecule has 0 radical (unpaired) electrons. The molecule has 158 valence electrons. The summed E-state index contributed by atoms with van der Waals surface area (Å²) in [6.45, 7) is 1.44. The van der Waals surface area contributed by atoms with E-state index in [1.165, 1.54) is 40.5 Å². The fourth-order valence-electron chi connectivity index (χ4n) is 4.15. The lowest BCUT2D eigenvalue weighted by Crippen LogP contribution is -2.44. The van der Waals surface area contributed by atoms with Crippen molar-refractivity contribution in [2.45, 2.75) is 51.6 Å². The number of halogens is 1. The lowest BCUT2D eigenvalue weighted by atomic mass is 9.94. The van der Waals surface area contributed by atoms with Gasteiger partial charge >= 0.3 is 5.69 Å². The monoisotopic (exact) mass is 429 g/mol. The summed E-state index contributed by atoms with van der Waals surface area (Å²) in [5, 5.41) is 1.73. The number of benzene rings is 1. The predicted octanol–water partition coefficient (Wildman–Crippen LogP) is 3.45. The number of carbonyl (C=O) groups is 1. The van der Waals surface area contributed by atoms with E-state index < -0.39 is 17.1 Å². The van der Waals surface area contributed by atoms with Gasteiger partial charge in [0.2, 0.25) is 5.91 Å². The zero-order chi connectivity index (χ0) is 21.4. The third-order valence-electron chi connectivity index (χ3n) is 5.96. The van der Waals surface area contributed by atoms with Crippen molar-refractivity contribution in [3.63, 3.8) is 0 Å². The van der Waals surface area contributed by atoms with Gasteiger partial charge in [-0.25, -0.2) is 13.8 Å². The van der Waals surface area contributed by atoms with Crippen LogP contribution in [0.2, 0.25) is 0 Å². The molecule has 0 atom stereocenters. The number of hydrogen-bond acceptors (Lipinski definition) is 4. The summed E-state index contributed by atoms with van der Waals surface area (Å²) in [6.07, 6.45) is 5.34. The molecule has 0 saturated heterocycles. The smallest absolute Gasteiger partial charge is 0.336 e. The van der Waals surface area contributed by atoms with Gasteiger partial charge in [0.1, 0.15) is 17.1 Å². The molecule has 6 nitrogen and oxygen atoms in total. The van der Waals surface area contributed by atoms with Crippen molar-refractivity contribution < 1.29 is 9.18 Å². The number of fused-ring (bicyclic) bond motifs is 1. The number of rotatable bonds is 4. The first kappa shape index (κ1) is 20.5. The van der Waals surface area contributed by atoms with E-state index in [0.717, 1.165) is 30.3 Å². The van der Waals surface area contributed by atoms with Crippen molar-refractivity contribution in [1.82, 2.24) is 14.0 Å². The van der Waals surface area contributed by atoms with Gasteiger partial charge in [-0.2, -0.15) is 0 Å². The van der Waals surface area contributed by atoms with Crippen LogP contribution in [0.4, 0.5) is 4.39 Å². The molecule has 0 aliphatic heterocycles. The maximum absolute atomic E-state index is 13.7. The minimum Gasteiger partial charge on any atom is -0.341 e. The SMILES string of the molecule is Cc1cc(-n2c(=O)c3sccc3n(CC(=O)N(C)C3CCCCC3)c2=O)ccc1F. The Morgan fingerprint density at radius 2 is 1.93 bits per heavy atom. The normalized spacial score (nSPS) is 14.9. The zero-order valence-corrected chi connectivity index (χ0v) is 17.9. The quantitative estimate of drug-likeness (QED) is 0.638. The van der Waals surface area contributed by atoms with Gasteiger partial charge in [0, 0.05) is 13.1 Å². The predicted molar refractivity (Wildman–Crippen MR) is 116 cm³/mol. The van der Waals surface area contributed by atoms with E-state index in [1.807, 2.05) is 0 Å². The Morgan fingerprint density at radius 3 is 2.63 bits per heavy atom. The lowest BCUT2D eigenvalue weighted by Gasteiger charge is -2.31. The average molecular weight is 430 g/mol. The summed E-state index contributed by atoms with van der Waals surface area (Å²) in [7, 11) is 1.79. The standard InChI is InChI=1S/C22H24FN3O3S/c1-14-12-16(8-9-17(14)23)26-21(28)20-18(10-11-30-20)25(22(26)29)13-19(27)24(2)15-6-4-3-5-7-15/h8-12,15H,3-7,13H2,1-2H3. The van der Waals surface area contributed by atoms with Crippen molar-refractivity contribution in [3.8, 4) is 5.69 Å². The fraction of sp³-hybridized carbons (Fsp3) is 0.409. The maximum atomic E-state index is 13.7. The molecule has 3 aromatic rings. The highest BCUT2D eigenvalue weighted by Crippen LogP contribution is 2.22. The highest BCUT2D eigenvalue weighted by Gasteiger charge is 2.24. The molecule has 30 heavy (non-hydrogen) atoms. The van der Waals surface area contributed by atoms with Crippen molar-refractivity contribution in [2.75, 3.05) is 7.05 Å². The van der Waals surface area contributed by atoms with Crippen LogP contribution < -0.4 is 11.2 Å². The Labute approximate surface area is 177 Å². The van der Waals surface area contributed by atoms with Crippen LogP contribution in [0.5, 0.6) is 0 Å². The van der Waals surface area contributed by atoms with Crippen LogP contribution in [0.25, 0.3) is 15.9 Å². The highest BCUT2D eigenvalue weighted by atomic mass is 32.1. The number of likely N-dealkylation sites (N-methyl/N-ethyl adjacent to an activating group) is 1. The molecule has 1 aromatic carbocycles. The van der Waals surface area contributed by atoms with E-state index >= 15 is 0 Å². The van der Waals surface area contributed by atoms with E-state index in [1.54, 1.807) is 30.3 Å². The number of aromatic nitrogens is 2. The summed E-state index contributed by atoms with van der Waals surface area (Å²) in [5.74, 6) is -0.564. The molecule has 1 aliphatic carbocycles. The molecule has 0 unspecified atom stereocenters. The second kappa shape index (κ2) is 8.18. The van der Waals surface area contributed by atoms with Crippen LogP contribution in [0.15, 0.2) is 39.2 Å². The third-order valence-corrected chi connectivity index (χ3v) is 6.86. The van der Waals surface area contributed by atoms with Crippen LogP contribution >= 0.6 is 11.3 Å². The molecule has 1 saturated carbocycles. The molecule has 4 rings (SSSR count). The lowest BCUT2D eigenvalue weighted by molar-refractivity contribution is -0.133. The van der Waals surface area contributed by atoms with Gasteiger partial charge in [0.25, 0.3) is 5.56 Å². The molecule has 0 spiro atoms. The highest BCUT2D eigenvalue weighted by molar-refractivity contribution is 7.17. The van der Waals surface area contributed by atoms with Crippen molar-refractivity contribution in [3.05, 3.63) is 61.9 Å². The molecule has 8 heteroatoms. The molecular weight excluding hydrogens is 405 g/mol. The summed E-state index contributed by atoms with van der Waals surface area (Å²) < 4.78 is 16.5. The third kappa shape index (κ3) is 3.60. The van der Waals surface area contributed by atoms with E-state index in [9.17, 15) is 18.8 Å². The Morgan fingerprint density at radius 1 is 1.20 bits per heavy atom. The number of carbonyl (C=O) groups excluding carboxylic acids is 1. The largest absolute Gasteiger partial charge is 0.341 e. The topological polar surface area (TPSA) is 64.3 Å². The van der Waals surface area contributed by atoms with E-state index in [4.69, 9.17) is 0 Å². The molecule has 2 heterocycles. The zero-order valence-electron chi connectivity index (χ0n) is 17.1. The van der Waals surface area contributed by atoms with E-state index in [2.05, 4.69) is 0 Å². The van der Waals surface area contributed by atoms with Gasteiger partial charge < -0.3 is 4.90 Å². The Kier molecular flexibility index (Phi) is 5.60. The minimum atomic E-state index is -0.595. The molecular formula is C22H24FN3O3S. The number of aryl methyl sites for hydroxylation is 1. The summed E-state index contributed by atoms with van der Waals surface area (Å²) in [5.41, 5.74) is 0.0314. The van der Waals surface area contributed by atoms with Gasteiger partial charge in [-0.3, -0.25) is 14.2 Å². The maximum Gasteiger partial charge on any atom is 0.336 e. The Bertz CT molecular complexity index is 1220. The first-order valence-corrected chi connectivity index (χ1v) is 11.0. The second-order valence-electron chi connectivity index (χ2n) is 7.87. The Balaban J connectivity index is 1.79. The molecule has 1 amide bonds. The van der Waals surface area contributed by atoms with Gasteiger partial charge in [-0.05, 0) is 55.0 Å². The van der Waals surface area contributed by atoms with Crippen LogP contribution in [-0.4, -0.2) is 33.0 Å². The number of amides is 1. The van der Waals surface area contributed by atoms with E-state index in [0.29, 0.717) is 21.5 Å². The van der Waals surface area contributed by atoms with Crippen molar-refractivity contribution in [2.24, 2.45) is 0 Å². The summed E-state index contributed by atoms with van der Waals surface area (Å²) >= 11 is 1.22. The van der Waals surface area contributed by atoms with E-state index in [-0.39, 0.29) is 18.5 Å². The second-order valence-corrected chi connectivity index (χ2v) is 8.79. The van der Waals surface area contributed by atoms with Gasteiger partial charge in [0.15, 0.2) is 0 Å². The fourth-order valence-corrected chi connectivity index (χ4v) is 4.98. The minimum absolute atomic E-state index is 0.139. The summed E-state index contributed by atoms with van der Waals surface area (Å²) in [4.78, 5) is 41.0. The Hall–Kier alpha value is -2.74. The number of thiophene rings is 1. The first-order valence-electron chi connectivity index (χ1n) is 10.1. The van der Waals surface area contributed by atoms with Crippen molar-refractivity contribution >= 4 is 27.5 Å². The van der Waals surface area contributed by atoms with Gasteiger partial charge in [-0.15, -0.1) is 11.3 Å². The van der Waals surface area contributed by atoms with Crippen LogP contribution in [0.1, 0.15) is 37.7 Å². The van der Waals surface area contributed by atoms with Crippen LogP contribution in [0.3, 0.4) is 0 Å². The van der Waals surface area contributed by atoms with Gasteiger partial charge in [-0.1, -0.05) is 19.3 Å².